The number of furan rings is 1. The third kappa shape index (κ3) is 6.21. The fourth-order valence-corrected chi connectivity index (χ4v) is 8.88. The maximum atomic E-state index is 8.57. The van der Waals surface area contributed by atoms with Crippen LogP contribution >= 0.6 is 0 Å². The summed E-state index contributed by atoms with van der Waals surface area (Å²) in [6.07, 6.45) is 23.7. The molecule has 274 valence electrons. The van der Waals surface area contributed by atoms with Gasteiger partial charge in [0.2, 0.25) is 0 Å². The highest BCUT2D eigenvalue weighted by molar-refractivity contribution is 6.16. The summed E-state index contributed by atoms with van der Waals surface area (Å²) in [6.45, 7) is 0. The second-order valence-electron chi connectivity index (χ2n) is 15.1. The molecule has 0 saturated carbocycles. The van der Waals surface area contributed by atoms with E-state index in [0.717, 1.165) is 118 Å². The summed E-state index contributed by atoms with van der Waals surface area (Å²) in [7, 11) is 0. The zero-order valence-electron chi connectivity index (χ0n) is 31.3. The molecule has 0 saturated heterocycles. The lowest BCUT2D eigenvalue weighted by Gasteiger charge is -2.35. The van der Waals surface area contributed by atoms with E-state index in [4.69, 9.17) is 19.8 Å². The Hall–Kier alpha value is -6.53. The van der Waals surface area contributed by atoms with E-state index in [1.54, 1.807) is 0 Å². The molecule has 3 N–H and O–H groups in total. The highest BCUT2D eigenvalue weighted by Crippen LogP contribution is 2.46. The fraction of sp³-hybridized carbons (Fsp3) is 0.180. The predicted molar refractivity (Wildman–Crippen MR) is 231 cm³/mol. The average Bonchev–Trinajstić information content (AvgIpc) is 3.65. The molecule has 3 aliphatic carbocycles. The quantitative estimate of drug-likeness (QED) is 0.115. The SMILES string of the molecule is N=C/C(C1=CC=CCC1)=C1\NC(c2ccccc2)=C(C2CC=C(C3N=C(c4ccc5oc6ccccc6c5c4)N=C(C4=CCCC=C4)N3)CC2)c2ccccc21. The van der Waals surface area contributed by atoms with Crippen LogP contribution in [0.4, 0.5) is 0 Å². The van der Waals surface area contributed by atoms with Crippen LogP contribution in [0.15, 0.2) is 176 Å². The number of hydrogen-bond acceptors (Lipinski definition) is 6. The van der Waals surface area contributed by atoms with Crippen molar-refractivity contribution in [2.45, 2.75) is 51.1 Å². The number of para-hydroxylation sites is 1. The van der Waals surface area contributed by atoms with Gasteiger partial charge < -0.3 is 20.5 Å². The summed E-state index contributed by atoms with van der Waals surface area (Å²) >= 11 is 0. The van der Waals surface area contributed by atoms with Crippen LogP contribution < -0.4 is 10.6 Å². The Morgan fingerprint density at radius 1 is 0.786 bits per heavy atom. The van der Waals surface area contributed by atoms with Crippen LogP contribution in [-0.2, 0) is 0 Å². The Kier molecular flexibility index (Phi) is 8.87. The van der Waals surface area contributed by atoms with Gasteiger partial charge in [0.1, 0.15) is 23.2 Å². The molecule has 0 fully saturated rings. The van der Waals surface area contributed by atoms with Gasteiger partial charge in [-0.1, -0.05) is 115 Å². The van der Waals surface area contributed by atoms with Crippen LogP contribution in [0.25, 0.3) is 38.9 Å². The van der Waals surface area contributed by atoms with E-state index in [2.05, 4.69) is 132 Å². The maximum Gasteiger partial charge on any atom is 0.159 e. The van der Waals surface area contributed by atoms with Gasteiger partial charge in [-0.3, -0.25) is 0 Å². The van der Waals surface area contributed by atoms with E-state index in [9.17, 15) is 0 Å². The van der Waals surface area contributed by atoms with Gasteiger partial charge in [-0.25, -0.2) is 9.98 Å². The number of nitrogens with one attached hydrogen (secondary N) is 3. The molecule has 1 aromatic heterocycles. The van der Waals surface area contributed by atoms with Crippen molar-refractivity contribution in [2.24, 2.45) is 15.9 Å². The van der Waals surface area contributed by atoms with Crippen molar-refractivity contribution in [3.05, 3.63) is 184 Å². The zero-order valence-corrected chi connectivity index (χ0v) is 31.3. The lowest BCUT2D eigenvalue weighted by molar-refractivity contribution is 0.543. The summed E-state index contributed by atoms with van der Waals surface area (Å²) < 4.78 is 6.16. The summed E-state index contributed by atoms with van der Waals surface area (Å²) in [5, 5.41) is 18.4. The van der Waals surface area contributed by atoms with Crippen molar-refractivity contribution in [2.75, 3.05) is 0 Å². The normalized spacial score (nSPS) is 21.6. The molecule has 56 heavy (non-hydrogen) atoms. The number of allylic oxidation sites excluding steroid dienone is 9. The summed E-state index contributed by atoms with van der Waals surface area (Å²) in [5.74, 6) is 1.91. The molecule has 2 aliphatic heterocycles. The molecular weight excluding hydrogens is 687 g/mol. The number of aliphatic imine (C=N–C) groups is 2. The number of hydrogen-bond donors (Lipinski definition) is 3. The van der Waals surface area contributed by atoms with Crippen LogP contribution in [0, 0.1) is 11.3 Å². The molecule has 0 radical (unpaired) electrons. The first kappa shape index (κ1) is 34.0. The highest BCUT2D eigenvalue weighted by atomic mass is 16.3. The van der Waals surface area contributed by atoms with Crippen molar-refractivity contribution in [3.8, 4) is 0 Å². The van der Waals surface area contributed by atoms with E-state index >= 15 is 0 Å². The lowest BCUT2D eigenvalue weighted by Crippen LogP contribution is -2.41. The highest BCUT2D eigenvalue weighted by Gasteiger charge is 2.33. The fourth-order valence-electron chi connectivity index (χ4n) is 8.88. The molecule has 6 heteroatoms. The molecule has 0 spiro atoms. The molecular formula is C50H43N5O. The van der Waals surface area contributed by atoms with Gasteiger partial charge in [-0.2, -0.15) is 0 Å². The number of rotatable bonds is 7. The second kappa shape index (κ2) is 14.6. The number of fused-ring (bicyclic) bond motifs is 4. The molecule has 10 rings (SSSR count). The summed E-state index contributed by atoms with van der Waals surface area (Å²) in [4.78, 5) is 10.5. The van der Waals surface area contributed by atoms with Gasteiger partial charge in [0.05, 0.1) is 5.70 Å². The predicted octanol–water partition coefficient (Wildman–Crippen LogP) is 11.5. The van der Waals surface area contributed by atoms with Crippen molar-refractivity contribution < 1.29 is 4.42 Å². The monoisotopic (exact) mass is 729 g/mol. The first-order valence-corrected chi connectivity index (χ1v) is 19.9. The van der Waals surface area contributed by atoms with Gasteiger partial charge in [0.25, 0.3) is 0 Å². The first-order valence-electron chi connectivity index (χ1n) is 19.9. The third-order valence-electron chi connectivity index (χ3n) is 11.7. The molecule has 5 aromatic rings. The standard InChI is InChI=1S/C50H43N5O/c51-31-42(32-14-4-1-5-15-32)47-40-22-11-10-21-39(40)45(46(52-47)34-16-6-2-7-17-34)33-24-26-36(27-25-33)49-53-48(35-18-8-3-9-19-35)54-50(55-49)37-28-29-44-41(30-37)38-20-12-13-23-43(38)56-44/h1-2,4,6-8,10-14,16-23,26,28-31,33,49,51-52H,3,5,9,15,24-25,27H2,(H,53,54,55)/b47-42+,51-31?. The minimum absolute atomic E-state index is 0.215. The maximum absolute atomic E-state index is 8.57. The van der Waals surface area contributed by atoms with Crippen LogP contribution in [0.5, 0.6) is 0 Å². The molecule has 3 heterocycles. The minimum atomic E-state index is -0.215. The summed E-state index contributed by atoms with van der Waals surface area (Å²) in [5.41, 5.74) is 14.4. The molecule has 6 nitrogen and oxygen atoms in total. The van der Waals surface area contributed by atoms with Crippen LogP contribution in [0.3, 0.4) is 0 Å². The van der Waals surface area contributed by atoms with E-state index in [1.165, 1.54) is 28.5 Å². The van der Waals surface area contributed by atoms with E-state index in [-0.39, 0.29) is 6.17 Å². The van der Waals surface area contributed by atoms with Crippen molar-refractivity contribution in [3.63, 3.8) is 0 Å². The zero-order chi connectivity index (χ0) is 37.4. The van der Waals surface area contributed by atoms with Gasteiger partial charge in [0.15, 0.2) is 5.84 Å². The molecule has 4 aromatic carbocycles. The Labute approximate surface area is 327 Å². The van der Waals surface area contributed by atoms with Crippen LogP contribution in [-0.4, -0.2) is 24.1 Å². The van der Waals surface area contributed by atoms with Gasteiger partial charge >= 0.3 is 0 Å². The van der Waals surface area contributed by atoms with Gasteiger partial charge in [0, 0.05) is 45.0 Å². The molecule has 5 aliphatic rings. The van der Waals surface area contributed by atoms with Crippen molar-refractivity contribution >= 4 is 56.8 Å². The van der Waals surface area contributed by atoms with Crippen molar-refractivity contribution in [1.82, 2.24) is 10.6 Å². The minimum Gasteiger partial charge on any atom is -0.456 e. The number of benzene rings is 4. The third-order valence-corrected chi connectivity index (χ3v) is 11.7. The Bertz CT molecular complexity index is 2690. The molecule has 0 bridgehead atoms. The molecule has 2 atom stereocenters. The van der Waals surface area contributed by atoms with Gasteiger partial charge in [-0.05, 0) is 103 Å². The Morgan fingerprint density at radius 3 is 2.43 bits per heavy atom. The summed E-state index contributed by atoms with van der Waals surface area (Å²) in [6, 6.07) is 34.0. The van der Waals surface area contributed by atoms with Crippen LogP contribution in [0.2, 0.25) is 0 Å². The van der Waals surface area contributed by atoms with Gasteiger partial charge in [-0.15, -0.1) is 0 Å². The first-order chi connectivity index (χ1) is 27.7. The van der Waals surface area contributed by atoms with E-state index < -0.39 is 0 Å². The Balaban J connectivity index is 1.03. The smallest absolute Gasteiger partial charge is 0.159 e. The second-order valence-corrected chi connectivity index (χ2v) is 15.1. The molecule has 2 unspecified atom stereocenters. The lowest BCUT2D eigenvalue weighted by atomic mass is 9.75. The van der Waals surface area contributed by atoms with Crippen molar-refractivity contribution in [1.29, 1.82) is 5.41 Å². The molecule has 0 amide bonds. The average molecular weight is 730 g/mol. The van der Waals surface area contributed by atoms with E-state index in [1.807, 2.05) is 18.2 Å². The topological polar surface area (TPSA) is 85.8 Å². The Morgan fingerprint density at radius 2 is 1.62 bits per heavy atom. The van der Waals surface area contributed by atoms with E-state index in [0.29, 0.717) is 5.92 Å². The number of amidine groups is 2. The van der Waals surface area contributed by atoms with Crippen LogP contribution in [0.1, 0.15) is 67.2 Å². The number of nitrogens with zero attached hydrogens (tertiary/aromatic N) is 2. The largest absolute Gasteiger partial charge is 0.456 e.